The molecule has 0 aliphatic carbocycles. The lowest BCUT2D eigenvalue weighted by atomic mass is 10.1. The first-order valence-corrected chi connectivity index (χ1v) is 8.79. The Morgan fingerprint density at radius 2 is 2.04 bits per heavy atom. The number of aromatic nitrogens is 1. The van der Waals surface area contributed by atoms with Gasteiger partial charge in [-0.15, -0.1) is 0 Å². The van der Waals surface area contributed by atoms with E-state index in [0.29, 0.717) is 6.04 Å². The Balaban J connectivity index is 1.71. The zero-order chi connectivity index (χ0) is 16.4. The van der Waals surface area contributed by atoms with E-state index in [0.717, 1.165) is 29.5 Å². The molecule has 1 N–H and O–H groups in total. The van der Waals surface area contributed by atoms with Crippen molar-refractivity contribution < 1.29 is 4.79 Å². The highest BCUT2D eigenvalue weighted by atomic mass is 79.9. The standard InChI is InChI=1S/C18H22BrN3O/c1-13(18(23)20-15-9-7-14(19)8-10-15)22-12-4-6-17(22)16-5-3-11-21(16)2/h3,5,7-11,13,17H,4,6,12H2,1-2H3,(H,20,23)/t13-,17+/m0/s1. The molecule has 1 aromatic heterocycles. The third-order valence-corrected chi connectivity index (χ3v) is 5.14. The lowest BCUT2D eigenvalue weighted by molar-refractivity contribution is -0.121. The first-order chi connectivity index (χ1) is 11.1. The van der Waals surface area contributed by atoms with Crippen molar-refractivity contribution in [2.75, 3.05) is 11.9 Å². The van der Waals surface area contributed by atoms with E-state index in [9.17, 15) is 4.79 Å². The summed E-state index contributed by atoms with van der Waals surface area (Å²) < 4.78 is 3.16. The predicted molar refractivity (Wildman–Crippen MR) is 96.3 cm³/mol. The molecule has 1 aliphatic rings. The molecule has 2 aromatic rings. The van der Waals surface area contributed by atoms with Crippen molar-refractivity contribution in [2.45, 2.75) is 31.8 Å². The van der Waals surface area contributed by atoms with Crippen molar-refractivity contribution in [3.63, 3.8) is 0 Å². The Labute approximate surface area is 145 Å². The molecule has 0 saturated carbocycles. The van der Waals surface area contributed by atoms with Crippen LogP contribution in [0.4, 0.5) is 5.69 Å². The summed E-state index contributed by atoms with van der Waals surface area (Å²) in [5.41, 5.74) is 2.12. The van der Waals surface area contributed by atoms with Gasteiger partial charge in [0.2, 0.25) is 5.91 Å². The second kappa shape index (κ2) is 6.89. The van der Waals surface area contributed by atoms with E-state index in [-0.39, 0.29) is 11.9 Å². The van der Waals surface area contributed by atoms with Gasteiger partial charge >= 0.3 is 0 Å². The van der Waals surface area contributed by atoms with Crippen LogP contribution in [-0.2, 0) is 11.8 Å². The first-order valence-electron chi connectivity index (χ1n) is 7.99. The van der Waals surface area contributed by atoms with E-state index < -0.39 is 0 Å². The smallest absolute Gasteiger partial charge is 0.241 e. The molecule has 0 spiro atoms. The Morgan fingerprint density at radius 1 is 1.30 bits per heavy atom. The van der Waals surface area contributed by atoms with Gasteiger partial charge in [0.1, 0.15) is 0 Å². The van der Waals surface area contributed by atoms with E-state index >= 15 is 0 Å². The fourth-order valence-electron chi connectivity index (χ4n) is 3.32. The summed E-state index contributed by atoms with van der Waals surface area (Å²) >= 11 is 3.41. The minimum atomic E-state index is -0.152. The number of aryl methyl sites for hydroxylation is 1. The number of rotatable bonds is 4. The Morgan fingerprint density at radius 3 is 2.70 bits per heavy atom. The summed E-state index contributed by atoms with van der Waals surface area (Å²) in [6, 6.07) is 12.1. The number of benzene rings is 1. The molecule has 1 fully saturated rings. The van der Waals surface area contributed by atoms with E-state index in [1.807, 2.05) is 31.2 Å². The number of carbonyl (C=O) groups excluding carboxylic acids is 1. The molecule has 3 rings (SSSR count). The van der Waals surface area contributed by atoms with Gasteiger partial charge in [0.25, 0.3) is 0 Å². The van der Waals surface area contributed by atoms with Crippen LogP contribution < -0.4 is 5.32 Å². The quantitative estimate of drug-likeness (QED) is 0.877. The molecule has 122 valence electrons. The van der Waals surface area contributed by atoms with Crippen LogP contribution in [0.2, 0.25) is 0 Å². The van der Waals surface area contributed by atoms with Crippen LogP contribution in [0, 0.1) is 0 Å². The van der Waals surface area contributed by atoms with Crippen LogP contribution in [0.5, 0.6) is 0 Å². The third kappa shape index (κ3) is 3.51. The minimum absolute atomic E-state index is 0.0495. The predicted octanol–water partition coefficient (Wildman–Crippen LogP) is 3.95. The molecule has 4 nitrogen and oxygen atoms in total. The molecule has 2 heterocycles. The van der Waals surface area contributed by atoms with Gasteiger partial charge in [-0.1, -0.05) is 15.9 Å². The summed E-state index contributed by atoms with van der Waals surface area (Å²) in [7, 11) is 2.07. The molecule has 1 amide bonds. The number of hydrogen-bond acceptors (Lipinski definition) is 2. The first kappa shape index (κ1) is 16.3. The second-order valence-corrected chi connectivity index (χ2v) is 7.03. The third-order valence-electron chi connectivity index (χ3n) is 4.61. The van der Waals surface area contributed by atoms with Gasteiger partial charge in [0.05, 0.1) is 12.1 Å². The number of nitrogens with one attached hydrogen (secondary N) is 1. The normalized spacial score (nSPS) is 19.7. The fourth-order valence-corrected chi connectivity index (χ4v) is 3.59. The lowest BCUT2D eigenvalue weighted by Crippen LogP contribution is -2.41. The topological polar surface area (TPSA) is 37.3 Å². The van der Waals surface area contributed by atoms with Crippen molar-refractivity contribution in [1.29, 1.82) is 0 Å². The minimum Gasteiger partial charge on any atom is -0.353 e. The van der Waals surface area contributed by atoms with Crippen molar-refractivity contribution in [3.8, 4) is 0 Å². The van der Waals surface area contributed by atoms with Crippen LogP contribution in [-0.4, -0.2) is 28.0 Å². The molecule has 0 radical (unpaired) electrons. The van der Waals surface area contributed by atoms with Crippen LogP contribution in [0.1, 0.15) is 31.5 Å². The van der Waals surface area contributed by atoms with Gasteiger partial charge in [0, 0.05) is 29.1 Å². The monoisotopic (exact) mass is 375 g/mol. The SMILES string of the molecule is C[C@@H](C(=O)Nc1ccc(Br)cc1)N1CCC[C@@H]1c1cccn1C. The second-order valence-electron chi connectivity index (χ2n) is 6.11. The molecule has 2 atom stereocenters. The number of nitrogens with zero attached hydrogens (tertiary/aromatic N) is 2. The van der Waals surface area contributed by atoms with E-state index in [4.69, 9.17) is 0 Å². The summed E-state index contributed by atoms with van der Waals surface area (Å²) in [4.78, 5) is 14.9. The lowest BCUT2D eigenvalue weighted by Gasteiger charge is -2.30. The van der Waals surface area contributed by atoms with Crippen molar-refractivity contribution in [2.24, 2.45) is 7.05 Å². The van der Waals surface area contributed by atoms with Crippen molar-refractivity contribution in [3.05, 3.63) is 52.8 Å². The fraction of sp³-hybridized carbons (Fsp3) is 0.389. The van der Waals surface area contributed by atoms with Gasteiger partial charge in [-0.2, -0.15) is 0 Å². The average molecular weight is 376 g/mol. The average Bonchev–Trinajstić information content (AvgIpc) is 3.17. The summed E-state index contributed by atoms with van der Waals surface area (Å²) in [6.45, 7) is 2.96. The van der Waals surface area contributed by atoms with E-state index in [1.165, 1.54) is 5.69 Å². The van der Waals surface area contributed by atoms with Gasteiger partial charge in [0.15, 0.2) is 0 Å². The molecular weight excluding hydrogens is 354 g/mol. The largest absolute Gasteiger partial charge is 0.353 e. The summed E-state index contributed by atoms with van der Waals surface area (Å²) in [5.74, 6) is 0.0495. The van der Waals surface area contributed by atoms with Gasteiger partial charge in [-0.05, 0) is 62.7 Å². The Hall–Kier alpha value is -1.59. The maximum atomic E-state index is 12.6. The molecule has 23 heavy (non-hydrogen) atoms. The molecule has 0 unspecified atom stereocenters. The molecule has 1 aliphatic heterocycles. The number of amides is 1. The van der Waals surface area contributed by atoms with Crippen LogP contribution in [0.15, 0.2) is 47.1 Å². The Bertz CT molecular complexity index is 680. The zero-order valence-corrected chi connectivity index (χ0v) is 15.1. The van der Waals surface area contributed by atoms with Crippen LogP contribution in [0.25, 0.3) is 0 Å². The van der Waals surface area contributed by atoms with Crippen LogP contribution >= 0.6 is 15.9 Å². The zero-order valence-electron chi connectivity index (χ0n) is 13.5. The molecular formula is C18H22BrN3O. The maximum absolute atomic E-state index is 12.6. The molecule has 1 aromatic carbocycles. The van der Waals surface area contributed by atoms with Gasteiger partial charge < -0.3 is 9.88 Å². The highest BCUT2D eigenvalue weighted by Crippen LogP contribution is 2.33. The highest BCUT2D eigenvalue weighted by molar-refractivity contribution is 9.10. The number of carbonyl (C=O) groups is 1. The number of hydrogen-bond donors (Lipinski definition) is 1. The summed E-state index contributed by atoms with van der Waals surface area (Å²) in [5, 5.41) is 3.02. The van der Waals surface area contributed by atoms with Crippen molar-refractivity contribution in [1.82, 2.24) is 9.47 Å². The van der Waals surface area contributed by atoms with Gasteiger partial charge in [-0.25, -0.2) is 0 Å². The molecule has 1 saturated heterocycles. The maximum Gasteiger partial charge on any atom is 0.241 e. The highest BCUT2D eigenvalue weighted by Gasteiger charge is 2.33. The van der Waals surface area contributed by atoms with Crippen LogP contribution in [0.3, 0.4) is 0 Å². The Kier molecular flexibility index (Phi) is 4.87. The van der Waals surface area contributed by atoms with Gasteiger partial charge in [-0.3, -0.25) is 9.69 Å². The number of anilines is 1. The number of likely N-dealkylation sites (tertiary alicyclic amines) is 1. The van der Waals surface area contributed by atoms with E-state index in [2.05, 4.69) is 56.1 Å². The van der Waals surface area contributed by atoms with Crippen molar-refractivity contribution >= 4 is 27.5 Å². The van der Waals surface area contributed by atoms with E-state index in [1.54, 1.807) is 0 Å². The molecule has 5 heteroatoms. The molecule has 0 bridgehead atoms. The summed E-state index contributed by atoms with van der Waals surface area (Å²) in [6.07, 6.45) is 4.30. The number of halogens is 1.